The van der Waals surface area contributed by atoms with Gasteiger partial charge in [0.1, 0.15) is 34.9 Å². The number of methoxy groups -OCH3 is 3. The lowest BCUT2D eigenvalue weighted by Crippen LogP contribution is -2.23. The average Bonchev–Trinajstić information content (AvgIpc) is 3.43. The van der Waals surface area contributed by atoms with Crippen molar-refractivity contribution in [3.8, 4) is 22.9 Å². The van der Waals surface area contributed by atoms with Crippen LogP contribution in [0.25, 0.3) is 16.7 Å². The van der Waals surface area contributed by atoms with E-state index >= 15 is 0 Å². The normalized spacial score (nSPS) is 11.0. The van der Waals surface area contributed by atoms with Gasteiger partial charge in [0, 0.05) is 36.6 Å². The SMILES string of the molecule is COc1ccc(CNc2ncnc3c(C(C)C)cn(-c4ccc(CNC(=O)c5cc(F)ccc5OC)cc4)c23)c(OC)c1. The number of aromatic nitrogens is 3. The minimum atomic E-state index is -0.504. The predicted molar refractivity (Wildman–Crippen MR) is 164 cm³/mol. The third kappa shape index (κ3) is 6.23. The monoisotopic (exact) mass is 583 g/mol. The maximum Gasteiger partial charge on any atom is 0.255 e. The first kappa shape index (κ1) is 29.4. The van der Waals surface area contributed by atoms with Gasteiger partial charge >= 0.3 is 0 Å². The van der Waals surface area contributed by atoms with Crippen molar-refractivity contribution in [2.45, 2.75) is 32.9 Å². The zero-order chi connectivity index (χ0) is 30.5. The van der Waals surface area contributed by atoms with E-state index in [0.717, 1.165) is 39.2 Å². The molecular formula is C33H34FN5O4. The molecule has 0 bridgehead atoms. The summed E-state index contributed by atoms with van der Waals surface area (Å²) < 4.78 is 31.9. The maximum absolute atomic E-state index is 13.7. The molecule has 1 amide bonds. The minimum Gasteiger partial charge on any atom is -0.497 e. The van der Waals surface area contributed by atoms with Gasteiger partial charge in [-0.3, -0.25) is 4.79 Å². The van der Waals surface area contributed by atoms with Crippen LogP contribution >= 0.6 is 0 Å². The van der Waals surface area contributed by atoms with Crippen LogP contribution in [0.1, 0.15) is 46.8 Å². The molecule has 2 N–H and O–H groups in total. The Morgan fingerprint density at radius 3 is 2.37 bits per heavy atom. The summed E-state index contributed by atoms with van der Waals surface area (Å²) in [4.78, 5) is 22.0. The van der Waals surface area contributed by atoms with Gasteiger partial charge in [0.15, 0.2) is 5.82 Å². The highest BCUT2D eigenvalue weighted by Crippen LogP contribution is 2.33. The van der Waals surface area contributed by atoms with E-state index in [9.17, 15) is 9.18 Å². The van der Waals surface area contributed by atoms with Gasteiger partial charge in [-0.15, -0.1) is 0 Å². The molecule has 10 heteroatoms. The molecular weight excluding hydrogens is 549 g/mol. The van der Waals surface area contributed by atoms with Crippen molar-refractivity contribution >= 4 is 22.8 Å². The van der Waals surface area contributed by atoms with Gasteiger partial charge in [-0.1, -0.05) is 26.0 Å². The van der Waals surface area contributed by atoms with Gasteiger partial charge in [0.2, 0.25) is 0 Å². The molecule has 0 aliphatic heterocycles. The topological polar surface area (TPSA) is 99.5 Å². The fraction of sp³-hybridized carbons (Fsp3) is 0.242. The second kappa shape index (κ2) is 12.8. The van der Waals surface area contributed by atoms with Crippen LogP contribution in [0.4, 0.5) is 10.2 Å². The molecule has 0 fully saturated rings. The van der Waals surface area contributed by atoms with Gasteiger partial charge in [0.25, 0.3) is 5.91 Å². The van der Waals surface area contributed by atoms with Gasteiger partial charge in [0.05, 0.1) is 32.4 Å². The number of halogens is 1. The Hall–Kier alpha value is -5.12. The van der Waals surface area contributed by atoms with Crippen LogP contribution in [-0.4, -0.2) is 41.8 Å². The standard InChI is InChI=1S/C33H34FN5O4/c1-20(2)27-18-39(24-10-6-21(7-11-24)16-36-33(40)26-14-23(34)9-13-28(26)42-4)31-30(27)37-19-38-32(31)35-17-22-8-12-25(41-3)15-29(22)43-5/h6-15,18-20H,16-17H2,1-5H3,(H,36,40)(H,35,37,38). The Morgan fingerprint density at radius 1 is 0.907 bits per heavy atom. The molecule has 0 aliphatic carbocycles. The number of hydrogen-bond acceptors (Lipinski definition) is 7. The summed E-state index contributed by atoms with van der Waals surface area (Å²) in [5, 5.41) is 6.32. The van der Waals surface area contributed by atoms with Crippen LogP contribution in [-0.2, 0) is 13.1 Å². The number of benzene rings is 3. The number of hydrogen-bond donors (Lipinski definition) is 2. The highest BCUT2D eigenvalue weighted by atomic mass is 19.1. The number of anilines is 1. The summed E-state index contributed by atoms with van der Waals surface area (Å²) in [6.45, 7) is 5.02. The molecule has 222 valence electrons. The molecule has 2 aromatic heterocycles. The molecule has 0 spiro atoms. The van der Waals surface area contributed by atoms with E-state index in [1.807, 2.05) is 42.5 Å². The Morgan fingerprint density at radius 2 is 1.67 bits per heavy atom. The Labute approximate surface area is 249 Å². The summed E-state index contributed by atoms with van der Waals surface area (Å²) in [5.74, 6) is 1.76. The summed E-state index contributed by atoms with van der Waals surface area (Å²) in [5.41, 5.74) is 5.73. The van der Waals surface area contributed by atoms with Crippen molar-refractivity contribution in [2.75, 3.05) is 26.6 Å². The molecule has 0 saturated carbocycles. The number of fused-ring (bicyclic) bond motifs is 1. The van der Waals surface area contributed by atoms with E-state index < -0.39 is 11.7 Å². The first-order chi connectivity index (χ1) is 20.8. The van der Waals surface area contributed by atoms with Gasteiger partial charge in [-0.2, -0.15) is 0 Å². The highest BCUT2D eigenvalue weighted by molar-refractivity contribution is 5.97. The molecule has 5 aromatic rings. The molecule has 0 aliphatic rings. The molecule has 43 heavy (non-hydrogen) atoms. The van der Waals surface area contributed by atoms with Crippen molar-refractivity contribution in [1.29, 1.82) is 0 Å². The summed E-state index contributed by atoms with van der Waals surface area (Å²) in [6, 6.07) is 17.4. The molecule has 2 heterocycles. The van der Waals surface area contributed by atoms with Crippen LogP contribution in [0.15, 0.2) is 73.2 Å². The maximum atomic E-state index is 13.7. The second-order valence-electron chi connectivity index (χ2n) is 10.3. The van der Waals surface area contributed by atoms with Crippen molar-refractivity contribution in [3.63, 3.8) is 0 Å². The number of carbonyl (C=O) groups is 1. The van der Waals surface area contributed by atoms with E-state index in [-0.39, 0.29) is 18.0 Å². The van der Waals surface area contributed by atoms with Crippen molar-refractivity contribution < 1.29 is 23.4 Å². The van der Waals surface area contributed by atoms with E-state index in [1.54, 1.807) is 20.5 Å². The van der Waals surface area contributed by atoms with Crippen LogP contribution in [0.2, 0.25) is 0 Å². The third-order valence-corrected chi connectivity index (χ3v) is 7.24. The first-order valence-corrected chi connectivity index (χ1v) is 13.8. The number of ether oxygens (including phenoxy) is 3. The smallest absolute Gasteiger partial charge is 0.255 e. The van der Waals surface area contributed by atoms with Crippen LogP contribution in [0, 0.1) is 5.82 Å². The van der Waals surface area contributed by atoms with Crippen molar-refractivity contribution in [2.24, 2.45) is 0 Å². The van der Waals surface area contributed by atoms with E-state index in [1.165, 1.54) is 25.3 Å². The molecule has 3 aromatic carbocycles. The fourth-order valence-corrected chi connectivity index (χ4v) is 4.92. The summed E-state index contributed by atoms with van der Waals surface area (Å²) in [6.07, 6.45) is 3.67. The number of amides is 1. The molecule has 5 rings (SSSR count). The third-order valence-electron chi connectivity index (χ3n) is 7.24. The molecule has 0 radical (unpaired) electrons. The zero-order valence-electron chi connectivity index (χ0n) is 24.8. The number of rotatable bonds is 11. The van der Waals surface area contributed by atoms with Gasteiger partial charge in [-0.25, -0.2) is 14.4 Å². The number of nitrogens with one attached hydrogen (secondary N) is 2. The number of nitrogens with zero attached hydrogens (tertiary/aromatic N) is 3. The molecule has 9 nitrogen and oxygen atoms in total. The summed E-state index contributed by atoms with van der Waals surface area (Å²) >= 11 is 0. The van der Waals surface area contributed by atoms with Crippen molar-refractivity contribution in [3.05, 3.63) is 101 Å². The van der Waals surface area contributed by atoms with E-state index in [0.29, 0.717) is 23.9 Å². The molecule has 0 saturated heterocycles. The van der Waals surface area contributed by atoms with E-state index in [2.05, 4.69) is 45.2 Å². The van der Waals surface area contributed by atoms with Gasteiger partial charge in [-0.05, 0) is 59.5 Å². The lowest BCUT2D eigenvalue weighted by atomic mass is 10.1. The average molecular weight is 584 g/mol. The quantitative estimate of drug-likeness (QED) is 0.190. The first-order valence-electron chi connectivity index (χ1n) is 13.8. The number of carbonyl (C=O) groups excluding carboxylic acids is 1. The predicted octanol–water partition coefficient (Wildman–Crippen LogP) is 6.25. The molecule has 0 unspecified atom stereocenters. The lowest BCUT2D eigenvalue weighted by Gasteiger charge is -2.14. The summed E-state index contributed by atoms with van der Waals surface area (Å²) in [7, 11) is 4.70. The highest BCUT2D eigenvalue weighted by Gasteiger charge is 2.19. The largest absolute Gasteiger partial charge is 0.497 e. The Bertz CT molecular complexity index is 1750. The van der Waals surface area contributed by atoms with Crippen molar-refractivity contribution in [1.82, 2.24) is 19.9 Å². The minimum absolute atomic E-state index is 0.145. The van der Waals surface area contributed by atoms with Crippen LogP contribution < -0.4 is 24.8 Å². The Balaban J connectivity index is 1.40. The zero-order valence-corrected chi connectivity index (χ0v) is 24.8. The lowest BCUT2D eigenvalue weighted by molar-refractivity contribution is 0.0947. The Kier molecular flexibility index (Phi) is 8.75. The van der Waals surface area contributed by atoms with Crippen LogP contribution in [0.5, 0.6) is 17.2 Å². The van der Waals surface area contributed by atoms with Gasteiger partial charge < -0.3 is 29.4 Å². The fourth-order valence-electron chi connectivity index (χ4n) is 4.92. The van der Waals surface area contributed by atoms with Crippen LogP contribution in [0.3, 0.4) is 0 Å². The van der Waals surface area contributed by atoms with E-state index in [4.69, 9.17) is 14.2 Å². The molecule has 0 atom stereocenters. The second-order valence-corrected chi connectivity index (χ2v) is 10.3.